The lowest BCUT2D eigenvalue weighted by Gasteiger charge is -2.21. The summed E-state index contributed by atoms with van der Waals surface area (Å²) in [7, 11) is 0. The minimum absolute atomic E-state index is 0.513. The van der Waals surface area contributed by atoms with Gasteiger partial charge < -0.3 is 0 Å². The predicted octanol–water partition coefficient (Wildman–Crippen LogP) is 3.36. The quantitative estimate of drug-likeness (QED) is 0.509. The average molecular weight is 302 g/mol. The van der Waals surface area contributed by atoms with Gasteiger partial charge in [0.1, 0.15) is 0 Å². The highest BCUT2D eigenvalue weighted by Gasteiger charge is 2.08. The van der Waals surface area contributed by atoms with Crippen molar-refractivity contribution in [2.45, 2.75) is 45.1 Å². The first kappa shape index (κ1) is 16.7. The van der Waals surface area contributed by atoms with Crippen molar-refractivity contribution in [3.8, 4) is 0 Å². The van der Waals surface area contributed by atoms with Crippen LogP contribution in [0.4, 0.5) is 0 Å². The van der Waals surface area contributed by atoms with Crippen molar-refractivity contribution in [1.29, 1.82) is 0 Å². The molecule has 1 aliphatic rings. The Balaban J connectivity index is 1.89. The van der Waals surface area contributed by atoms with Crippen molar-refractivity contribution < 1.29 is 10.0 Å². The highest BCUT2D eigenvalue weighted by molar-refractivity contribution is 5.90. The zero-order valence-electron chi connectivity index (χ0n) is 13.1. The van der Waals surface area contributed by atoms with Crippen LogP contribution >= 0.6 is 0 Å². The van der Waals surface area contributed by atoms with Gasteiger partial charge in [0.05, 0.1) is 0 Å². The summed E-state index contributed by atoms with van der Waals surface area (Å²) < 4.78 is 0. The summed E-state index contributed by atoms with van der Waals surface area (Å²) in [5.41, 5.74) is 3.85. The molecule has 0 bridgehead atoms. The number of amides is 1. The first-order valence-corrected chi connectivity index (χ1v) is 8.21. The second-order valence-corrected chi connectivity index (χ2v) is 5.95. The van der Waals surface area contributed by atoms with Crippen molar-refractivity contribution in [1.82, 2.24) is 10.4 Å². The predicted molar refractivity (Wildman–Crippen MR) is 88.4 cm³/mol. The molecular formula is C18H26N2O2. The molecule has 1 fully saturated rings. The van der Waals surface area contributed by atoms with Crippen LogP contribution in [0.1, 0.15) is 49.7 Å². The van der Waals surface area contributed by atoms with Crippen LogP contribution in [0.5, 0.6) is 0 Å². The molecule has 0 aliphatic carbocycles. The standard InChI is InChI=1S/C18H26N2O2/c21-18(19-22)12-11-16-7-9-17(10-8-16)15-20-13-5-3-1-2-4-6-14-20/h7-12,22H,1-6,13-15H2,(H,19,21). The van der Waals surface area contributed by atoms with E-state index < -0.39 is 5.91 Å². The number of rotatable bonds is 4. The third-order valence-electron chi connectivity index (χ3n) is 4.12. The molecule has 2 rings (SSSR count). The second-order valence-electron chi connectivity index (χ2n) is 5.95. The smallest absolute Gasteiger partial charge is 0.267 e. The van der Waals surface area contributed by atoms with Gasteiger partial charge >= 0.3 is 0 Å². The van der Waals surface area contributed by atoms with Crippen molar-refractivity contribution in [2.75, 3.05) is 13.1 Å². The van der Waals surface area contributed by atoms with Crippen LogP contribution in [0.3, 0.4) is 0 Å². The molecule has 1 aliphatic heterocycles. The van der Waals surface area contributed by atoms with E-state index in [4.69, 9.17) is 5.21 Å². The highest BCUT2D eigenvalue weighted by atomic mass is 16.5. The molecule has 4 nitrogen and oxygen atoms in total. The number of benzene rings is 1. The highest BCUT2D eigenvalue weighted by Crippen LogP contribution is 2.14. The molecule has 0 atom stereocenters. The Labute approximate surface area is 132 Å². The van der Waals surface area contributed by atoms with E-state index >= 15 is 0 Å². The second kappa shape index (κ2) is 9.38. The van der Waals surface area contributed by atoms with Crippen LogP contribution < -0.4 is 5.48 Å². The van der Waals surface area contributed by atoms with Crippen LogP contribution in [0.2, 0.25) is 0 Å². The number of nitrogens with one attached hydrogen (secondary N) is 1. The van der Waals surface area contributed by atoms with Crippen molar-refractivity contribution in [2.24, 2.45) is 0 Å². The Kier molecular flexibility index (Phi) is 7.13. The van der Waals surface area contributed by atoms with E-state index in [1.807, 2.05) is 12.1 Å². The minimum atomic E-state index is -0.513. The molecule has 1 amide bonds. The summed E-state index contributed by atoms with van der Waals surface area (Å²) >= 11 is 0. The van der Waals surface area contributed by atoms with E-state index in [-0.39, 0.29) is 0 Å². The third kappa shape index (κ3) is 6.00. The Morgan fingerprint density at radius 3 is 2.23 bits per heavy atom. The first-order valence-electron chi connectivity index (χ1n) is 8.21. The molecule has 0 unspecified atom stereocenters. The summed E-state index contributed by atoms with van der Waals surface area (Å²) in [6.07, 6.45) is 11.1. The molecular weight excluding hydrogens is 276 g/mol. The van der Waals surface area contributed by atoms with Gasteiger partial charge in [0.2, 0.25) is 0 Å². The molecule has 0 saturated carbocycles. The summed E-state index contributed by atoms with van der Waals surface area (Å²) in [6, 6.07) is 8.24. The summed E-state index contributed by atoms with van der Waals surface area (Å²) in [6.45, 7) is 3.39. The third-order valence-corrected chi connectivity index (χ3v) is 4.12. The molecule has 1 saturated heterocycles. The van der Waals surface area contributed by atoms with Gasteiger partial charge in [0, 0.05) is 12.6 Å². The lowest BCUT2D eigenvalue weighted by Crippen LogP contribution is -2.25. The van der Waals surface area contributed by atoms with Crippen LogP contribution in [0.25, 0.3) is 6.08 Å². The molecule has 120 valence electrons. The Morgan fingerprint density at radius 2 is 1.64 bits per heavy atom. The van der Waals surface area contributed by atoms with Gasteiger partial charge in [0.25, 0.3) is 5.91 Å². The summed E-state index contributed by atoms with van der Waals surface area (Å²) in [5, 5.41) is 8.45. The first-order chi connectivity index (χ1) is 10.8. The lowest BCUT2D eigenvalue weighted by atomic mass is 10.1. The number of hydrogen-bond acceptors (Lipinski definition) is 3. The lowest BCUT2D eigenvalue weighted by molar-refractivity contribution is -0.124. The number of nitrogens with zero attached hydrogens (tertiary/aromatic N) is 1. The molecule has 1 heterocycles. The van der Waals surface area contributed by atoms with Crippen molar-refractivity contribution in [3.05, 3.63) is 41.5 Å². The van der Waals surface area contributed by atoms with Crippen molar-refractivity contribution >= 4 is 12.0 Å². The van der Waals surface area contributed by atoms with Gasteiger partial charge in [0.15, 0.2) is 0 Å². The topological polar surface area (TPSA) is 52.6 Å². The van der Waals surface area contributed by atoms with Crippen molar-refractivity contribution in [3.63, 3.8) is 0 Å². The Hall–Kier alpha value is -1.65. The van der Waals surface area contributed by atoms with E-state index in [1.54, 1.807) is 11.6 Å². The van der Waals surface area contributed by atoms with E-state index in [0.29, 0.717) is 0 Å². The maximum atomic E-state index is 10.9. The maximum absolute atomic E-state index is 10.9. The largest absolute Gasteiger partial charge is 0.299 e. The van der Waals surface area contributed by atoms with Gasteiger partial charge in [-0.3, -0.25) is 14.9 Å². The molecule has 4 heteroatoms. The molecule has 22 heavy (non-hydrogen) atoms. The molecule has 0 spiro atoms. The number of hydrogen-bond donors (Lipinski definition) is 2. The SMILES string of the molecule is O=C(C=Cc1ccc(CN2CCCCCCCC2)cc1)NO. The van der Waals surface area contributed by atoms with Crippen LogP contribution in [0, 0.1) is 0 Å². The number of hydroxylamine groups is 1. The molecule has 1 aromatic rings. The van der Waals surface area contributed by atoms with E-state index in [0.717, 1.165) is 12.1 Å². The van der Waals surface area contributed by atoms with Crippen LogP contribution in [-0.2, 0) is 11.3 Å². The number of carbonyl (C=O) groups is 1. The maximum Gasteiger partial charge on any atom is 0.267 e. The molecule has 0 radical (unpaired) electrons. The minimum Gasteiger partial charge on any atom is -0.299 e. The number of carbonyl (C=O) groups excluding carboxylic acids is 1. The fourth-order valence-corrected chi connectivity index (χ4v) is 2.85. The van der Waals surface area contributed by atoms with Gasteiger partial charge in [-0.25, -0.2) is 5.48 Å². The zero-order chi connectivity index (χ0) is 15.6. The normalized spacial score (nSPS) is 17.7. The van der Waals surface area contributed by atoms with Crippen LogP contribution in [0.15, 0.2) is 30.3 Å². The van der Waals surface area contributed by atoms with Gasteiger partial charge in [-0.15, -0.1) is 0 Å². The van der Waals surface area contributed by atoms with E-state index in [2.05, 4.69) is 17.0 Å². The Bertz CT molecular complexity index is 472. The summed E-state index contributed by atoms with van der Waals surface area (Å²) in [5.74, 6) is -0.513. The fraction of sp³-hybridized carbons (Fsp3) is 0.500. The average Bonchev–Trinajstić information content (AvgIpc) is 2.68. The van der Waals surface area contributed by atoms with Gasteiger partial charge in [-0.2, -0.15) is 0 Å². The fourth-order valence-electron chi connectivity index (χ4n) is 2.85. The summed E-state index contributed by atoms with van der Waals surface area (Å²) in [4.78, 5) is 13.5. The van der Waals surface area contributed by atoms with Gasteiger partial charge in [-0.05, 0) is 43.1 Å². The van der Waals surface area contributed by atoms with E-state index in [1.165, 1.54) is 63.3 Å². The van der Waals surface area contributed by atoms with Gasteiger partial charge in [-0.1, -0.05) is 49.9 Å². The molecule has 2 N–H and O–H groups in total. The molecule has 0 aromatic heterocycles. The zero-order valence-corrected chi connectivity index (χ0v) is 13.1. The van der Waals surface area contributed by atoms with E-state index in [9.17, 15) is 4.79 Å². The monoisotopic (exact) mass is 302 g/mol. The molecule has 1 aromatic carbocycles. The Morgan fingerprint density at radius 1 is 1.05 bits per heavy atom. The van der Waals surface area contributed by atoms with Crippen LogP contribution in [-0.4, -0.2) is 29.1 Å².